The highest BCUT2D eigenvalue weighted by Crippen LogP contribution is 2.25. The molecule has 0 saturated carbocycles. The van der Waals surface area contributed by atoms with Crippen LogP contribution in [0.2, 0.25) is 0 Å². The second-order valence-corrected chi connectivity index (χ2v) is 5.12. The Balaban J connectivity index is 1.92. The van der Waals surface area contributed by atoms with Crippen molar-refractivity contribution in [3.05, 3.63) is 30.2 Å². The maximum absolute atomic E-state index is 5.96. The maximum Gasteiger partial charge on any atom is 0.225 e. The van der Waals surface area contributed by atoms with E-state index in [9.17, 15) is 0 Å². The molecule has 0 bridgehead atoms. The van der Waals surface area contributed by atoms with Gasteiger partial charge in [-0.1, -0.05) is 4.49 Å². The molecule has 0 aliphatic heterocycles. The second-order valence-electron chi connectivity index (χ2n) is 4.37. The van der Waals surface area contributed by atoms with Crippen LogP contribution in [0.15, 0.2) is 28.9 Å². The normalized spacial score (nSPS) is 11.3. The molecule has 0 saturated heterocycles. The molecular weight excluding hydrogens is 290 g/mol. The maximum atomic E-state index is 5.96. The number of nitrogen functional groups attached to an aromatic ring is 1. The molecule has 4 rings (SSSR count). The zero-order valence-corrected chi connectivity index (χ0v) is 11.7. The number of hydrogen-bond donors (Lipinski definition) is 1. The van der Waals surface area contributed by atoms with Crippen molar-refractivity contribution < 1.29 is 4.42 Å². The number of fused-ring (bicyclic) bond motifs is 1. The smallest absolute Gasteiger partial charge is 0.225 e. The van der Waals surface area contributed by atoms with Crippen LogP contribution < -0.4 is 5.73 Å². The van der Waals surface area contributed by atoms with Crippen LogP contribution in [0.1, 0.15) is 5.69 Å². The summed E-state index contributed by atoms with van der Waals surface area (Å²) in [7, 11) is 0. The molecule has 0 radical (unpaired) electrons. The fraction of sp³-hybridized carbons (Fsp3) is 0.0833. The van der Waals surface area contributed by atoms with Crippen molar-refractivity contribution in [1.29, 1.82) is 0 Å². The Bertz CT molecular complexity index is 925. The molecular formula is C12H9N7OS. The molecule has 0 aliphatic carbocycles. The summed E-state index contributed by atoms with van der Waals surface area (Å²) < 4.78 is 10.7. The third-order valence-corrected chi connectivity index (χ3v) is 3.80. The number of hydrogen-bond acceptors (Lipinski definition) is 8. The van der Waals surface area contributed by atoms with Crippen molar-refractivity contribution >= 4 is 23.1 Å². The average molecular weight is 299 g/mol. The van der Waals surface area contributed by atoms with Gasteiger partial charge in [-0.05, 0) is 30.6 Å². The van der Waals surface area contributed by atoms with Crippen LogP contribution in [-0.2, 0) is 0 Å². The molecule has 0 spiro atoms. The Hall–Kier alpha value is -2.81. The van der Waals surface area contributed by atoms with Crippen molar-refractivity contribution in [3.63, 3.8) is 0 Å². The highest BCUT2D eigenvalue weighted by atomic mass is 32.1. The summed E-state index contributed by atoms with van der Waals surface area (Å²) in [6, 6.07) is 5.42. The fourth-order valence-corrected chi connectivity index (χ4v) is 2.58. The molecule has 4 aromatic rings. The number of nitrogens with two attached hydrogens (primary N) is 1. The van der Waals surface area contributed by atoms with E-state index in [1.807, 2.05) is 13.0 Å². The van der Waals surface area contributed by atoms with Gasteiger partial charge in [-0.25, -0.2) is 4.98 Å². The Kier molecular flexibility index (Phi) is 2.48. The summed E-state index contributed by atoms with van der Waals surface area (Å²) in [4.78, 5) is 9.53. The third kappa shape index (κ3) is 1.86. The number of aryl methyl sites for hydroxylation is 1. The lowest BCUT2D eigenvalue weighted by Crippen LogP contribution is -2.05. The summed E-state index contributed by atoms with van der Waals surface area (Å²) in [5, 5.41) is 8.30. The van der Waals surface area contributed by atoms with E-state index in [0.717, 1.165) is 10.6 Å². The third-order valence-electron chi connectivity index (χ3n) is 2.98. The lowest BCUT2D eigenvalue weighted by atomic mass is 10.3. The Labute approximate surface area is 122 Å². The molecule has 0 aromatic carbocycles. The average Bonchev–Trinajstić information content (AvgIpc) is 3.17. The van der Waals surface area contributed by atoms with Crippen molar-refractivity contribution in [2.24, 2.45) is 0 Å². The Morgan fingerprint density at radius 3 is 2.95 bits per heavy atom. The number of rotatable bonds is 2. The minimum Gasteiger partial charge on any atom is -0.463 e. The first-order valence-corrected chi connectivity index (χ1v) is 6.86. The predicted molar refractivity (Wildman–Crippen MR) is 76.5 cm³/mol. The Morgan fingerprint density at radius 2 is 2.24 bits per heavy atom. The van der Waals surface area contributed by atoms with E-state index in [1.165, 1.54) is 16.0 Å². The molecule has 4 aromatic heterocycles. The molecule has 0 amide bonds. The van der Waals surface area contributed by atoms with E-state index >= 15 is 0 Å². The molecule has 104 valence electrons. The number of nitrogens with zero attached hydrogens (tertiary/aromatic N) is 6. The van der Waals surface area contributed by atoms with Crippen molar-refractivity contribution in [3.8, 4) is 22.2 Å². The minimum absolute atomic E-state index is 0.251. The molecule has 4 heterocycles. The highest BCUT2D eigenvalue weighted by molar-refractivity contribution is 7.09. The first-order valence-electron chi connectivity index (χ1n) is 6.09. The highest BCUT2D eigenvalue weighted by Gasteiger charge is 2.15. The topological polar surface area (TPSA) is 108 Å². The van der Waals surface area contributed by atoms with Gasteiger partial charge in [0.25, 0.3) is 0 Å². The molecule has 8 nitrogen and oxygen atoms in total. The summed E-state index contributed by atoms with van der Waals surface area (Å²) in [5.41, 5.74) is 7.98. The minimum atomic E-state index is 0.251. The summed E-state index contributed by atoms with van der Waals surface area (Å²) >= 11 is 1.23. The molecule has 9 heteroatoms. The molecule has 0 atom stereocenters. The molecule has 0 unspecified atom stereocenters. The zero-order chi connectivity index (χ0) is 14.4. The number of anilines is 1. The van der Waals surface area contributed by atoms with Gasteiger partial charge < -0.3 is 10.2 Å². The van der Waals surface area contributed by atoms with Gasteiger partial charge in [-0.2, -0.15) is 14.6 Å². The van der Waals surface area contributed by atoms with E-state index in [0.29, 0.717) is 22.9 Å². The van der Waals surface area contributed by atoms with Crippen LogP contribution in [0.25, 0.3) is 27.8 Å². The lowest BCUT2D eigenvalue weighted by Gasteiger charge is -2.00. The largest absolute Gasteiger partial charge is 0.463 e. The zero-order valence-electron chi connectivity index (χ0n) is 10.9. The van der Waals surface area contributed by atoms with Crippen LogP contribution in [0.5, 0.6) is 0 Å². The van der Waals surface area contributed by atoms with Crippen molar-refractivity contribution in [1.82, 2.24) is 29.2 Å². The standard InChI is InChI=1S/C12H9N7OS/c1-6-10(21-18-16-6)11-14-9-5-7(8-3-2-4-20-8)17-19(9)12(13)15-11/h2-5H,1H3,(H2,13,14,15). The second kappa shape index (κ2) is 4.35. The quantitative estimate of drug-likeness (QED) is 0.601. The van der Waals surface area contributed by atoms with E-state index < -0.39 is 0 Å². The van der Waals surface area contributed by atoms with Crippen LogP contribution in [0.4, 0.5) is 5.95 Å². The molecule has 21 heavy (non-hydrogen) atoms. The van der Waals surface area contributed by atoms with Gasteiger partial charge in [0, 0.05) is 6.07 Å². The van der Waals surface area contributed by atoms with Gasteiger partial charge in [-0.3, -0.25) is 0 Å². The fourth-order valence-electron chi connectivity index (χ4n) is 1.99. The first-order chi connectivity index (χ1) is 10.2. The first kappa shape index (κ1) is 12.0. The van der Waals surface area contributed by atoms with E-state index in [-0.39, 0.29) is 5.95 Å². The molecule has 0 fully saturated rings. The monoisotopic (exact) mass is 299 g/mol. The van der Waals surface area contributed by atoms with Gasteiger partial charge in [-0.15, -0.1) is 5.10 Å². The summed E-state index contributed by atoms with van der Waals surface area (Å²) in [6.45, 7) is 1.85. The summed E-state index contributed by atoms with van der Waals surface area (Å²) in [5.74, 6) is 1.40. The van der Waals surface area contributed by atoms with Crippen LogP contribution in [0, 0.1) is 6.92 Å². The number of aromatic nitrogens is 6. The van der Waals surface area contributed by atoms with Crippen LogP contribution in [-0.4, -0.2) is 29.2 Å². The van der Waals surface area contributed by atoms with E-state index in [4.69, 9.17) is 10.2 Å². The predicted octanol–water partition coefficient (Wildman–Crippen LogP) is 1.79. The van der Waals surface area contributed by atoms with Crippen molar-refractivity contribution in [2.75, 3.05) is 5.73 Å². The number of furan rings is 1. The SMILES string of the molecule is Cc1nnsc1-c1nc(N)n2nc(-c3ccco3)cc2n1. The van der Waals surface area contributed by atoms with Gasteiger partial charge in [0.2, 0.25) is 5.95 Å². The molecule has 0 aliphatic rings. The molecule has 2 N–H and O–H groups in total. The van der Waals surface area contributed by atoms with Gasteiger partial charge in [0.1, 0.15) is 10.6 Å². The van der Waals surface area contributed by atoms with Gasteiger partial charge in [0.15, 0.2) is 17.2 Å². The van der Waals surface area contributed by atoms with E-state index in [1.54, 1.807) is 18.4 Å². The van der Waals surface area contributed by atoms with Crippen molar-refractivity contribution in [2.45, 2.75) is 6.92 Å². The summed E-state index contributed by atoms with van der Waals surface area (Å²) in [6.07, 6.45) is 1.59. The van der Waals surface area contributed by atoms with Crippen LogP contribution in [0.3, 0.4) is 0 Å². The van der Waals surface area contributed by atoms with Gasteiger partial charge >= 0.3 is 0 Å². The van der Waals surface area contributed by atoms with Crippen LogP contribution >= 0.6 is 11.5 Å². The van der Waals surface area contributed by atoms with Gasteiger partial charge in [0.05, 0.1) is 12.0 Å². The van der Waals surface area contributed by atoms with E-state index in [2.05, 4.69) is 24.7 Å². The Morgan fingerprint density at radius 1 is 1.33 bits per heavy atom. The lowest BCUT2D eigenvalue weighted by molar-refractivity contribution is 0.579.